The molecule has 0 atom stereocenters. The molecule has 2 aromatic rings. The maximum Gasteiger partial charge on any atom is 0.270 e. The number of carbonyl (C=O) groups excluding carboxylic acids is 1. The van der Waals surface area contributed by atoms with Gasteiger partial charge in [-0.15, -0.1) is 0 Å². The van der Waals surface area contributed by atoms with E-state index in [9.17, 15) is 4.79 Å². The molecule has 0 radical (unpaired) electrons. The van der Waals surface area contributed by atoms with Crippen molar-refractivity contribution >= 4 is 40.7 Å². The van der Waals surface area contributed by atoms with Crippen molar-refractivity contribution < 1.29 is 4.79 Å². The molecule has 0 unspecified atom stereocenters. The van der Waals surface area contributed by atoms with Crippen LogP contribution in [0.4, 0.5) is 0 Å². The molecule has 0 bridgehead atoms. The first kappa shape index (κ1) is 15.2. The van der Waals surface area contributed by atoms with Crippen LogP contribution in [0.2, 0.25) is 15.2 Å². The number of aromatic amines is 1. The molecule has 3 nitrogen and oxygen atoms in total. The van der Waals surface area contributed by atoms with E-state index in [2.05, 4.69) is 4.98 Å². The maximum absolute atomic E-state index is 12.4. The molecule has 0 saturated heterocycles. The standard InChI is InChI=1S/C14H13Cl3N2O/c1-2-19(8-9-5-3-4-6-10(9)15)14(20)12-7-11(16)13(17)18-12/h3-7,18H,2,8H2,1H3. The van der Waals surface area contributed by atoms with Crippen LogP contribution in [-0.4, -0.2) is 22.3 Å². The van der Waals surface area contributed by atoms with Crippen LogP contribution in [0.25, 0.3) is 0 Å². The summed E-state index contributed by atoms with van der Waals surface area (Å²) in [7, 11) is 0. The summed E-state index contributed by atoms with van der Waals surface area (Å²) in [5.74, 6) is -0.166. The molecule has 1 aromatic heterocycles. The molecule has 0 spiro atoms. The number of halogens is 3. The van der Waals surface area contributed by atoms with E-state index >= 15 is 0 Å². The summed E-state index contributed by atoms with van der Waals surface area (Å²) < 4.78 is 0. The van der Waals surface area contributed by atoms with Gasteiger partial charge in [0, 0.05) is 18.1 Å². The molecule has 0 saturated carbocycles. The maximum atomic E-state index is 12.4. The lowest BCUT2D eigenvalue weighted by Crippen LogP contribution is -2.30. The second-order valence-corrected chi connectivity index (χ2v) is 5.45. The Morgan fingerprint density at radius 3 is 2.45 bits per heavy atom. The summed E-state index contributed by atoms with van der Waals surface area (Å²) in [4.78, 5) is 16.8. The van der Waals surface area contributed by atoms with Crippen molar-refractivity contribution in [3.8, 4) is 0 Å². The first-order valence-electron chi connectivity index (χ1n) is 6.09. The minimum absolute atomic E-state index is 0.166. The minimum Gasteiger partial charge on any atom is -0.340 e. The third-order valence-corrected chi connectivity index (χ3v) is 4.01. The minimum atomic E-state index is -0.166. The van der Waals surface area contributed by atoms with Gasteiger partial charge in [0.05, 0.1) is 5.02 Å². The van der Waals surface area contributed by atoms with E-state index in [4.69, 9.17) is 34.8 Å². The Balaban J connectivity index is 2.20. The molecular weight excluding hydrogens is 319 g/mol. The van der Waals surface area contributed by atoms with E-state index in [1.807, 2.05) is 25.1 Å². The Hall–Kier alpha value is -1.16. The predicted molar refractivity (Wildman–Crippen MR) is 82.7 cm³/mol. The second-order valence-electron chi connectivity index (χ2n) is 4.26. The smallest absolute Gasteiger partial charge is 0.270 e. The van der Waals surface area contributed by atoms with E-state index in [1.54, 1.807) is 11.0 Å². The number of aromatic nitrogens is 1. The van der Waals surface area contributed by atoms with Gasteiger partial charge in [-0.1, -0.05) is 53.0 Å². The van der Waals surface area contributed by atoms with Gasteiger partial charge >= 0.3 is 0 Å². The van der Waals surface area contributed by atoms with Gasteiger partial charge in [0.2, 0.25) is 0 Å². The molecule has 0 aliphatic carbocycles. The summed E-state index contributed by atoms with van der Waals surface area (Å²) in [6.45, 7) is 2.89. The van der Waals surface area contributed by atoms with Crippen molar-refractivity contribution in [2.75, 3.05) is 6.54 Å². The first-order chi connectivity index (χ1) is 9.52. The summed E-state index contributed by atoms with van der Waals surface area (Å²) in [5, 5.41) is 1.24. The Kier molecular flexibility index (Phi) is 4.97. The van der Waals surface area contributed by atoms with Crippen molar-refractivity contribution in [1.29, 1.82) is 0 Å². The molecule has 2 rings (SSSR count). The lowest BCUT2D eigenvalue weighted by molar-refractivity contribution is 0.0747. The van der Waals surface area contributed by atoms with Crippen LogP contribution >= 0.6 is 34.8 Å². The molecule has 20 heavy (non-hydrogen) atoms. The van der Waals surface area contributed by atoms with Gasteiger partial charge in [-0.25, -0.2) is 0 Å². The van der Waals surface area contributed by atoms with E-state index in [-0.39, 0.29) is 11.1 Å². The molecule has 1 heterocycles. The molecule has 1 amide bonds. The SMILES string of the molecule is CCN(Cc1ccccc1Cl)C(=O)c1cc(Cl)c(Cl)[nH]1. The van der Waals surface area contributed by atoms with Crippen molar-refractivity contribution in [3.63, 3.8) is 0 Å². The van der Waals surface area contributed by atoms with Gasteiger partial charge in [-0.2, -0.15) is 0 Å². The number of nitrogens with one attached hydrogen (secondary N) is 1. The van der Waals surface area contributed by atoms with Crippen LogP contribution in [0.3, 0.4) is 0 Å². The molecule has 0 aliphatic heterocycles. The highest BCUT2D eigenvalue weighted by molar-refractivity contribution is 6.41. The zero-order valence-electron chi connectivity index (χ0n) is 10.8. The average Bonchev–Trinajstić information content (AvgIpc) is 2.77. The first-order valence-corrected chi connectivity index (χ1v) is 7.23. The largest absolute Gasteiger partial charge is 0.340 e. The van der Waals surface area contributed by atoms with Crippen LogP contribution in [0.1, 0.15) is 23.0 Å². The van der Waals surface area contributed by atoms with E-state index < -0.39 is 0 Å². The molecule has 6 heteroatoms. The molecule has 0 aliphatic rings. The molecular formula is C14H13Cl3N2O. The molecule has 106 valence electrons. The van der Waals surface area contributed by atoms with Gasteiger partial charge < -0.3 is 9.88 Å². The number of hydrogen-bond acceptors (Lipinski definition) is 1. The van der Waals surface area contributed by atoms with Crippen LogP contribution in [0, 0.1) is 0 Å². The zero-order valence-corrected chi connectivity index (χ0v) is 13.1. The topological polar surface area (TPSA) is 36.1 Å². The Labute approximate surface area is 132 Å². The fourth-order valence-electron chi connectivity index (χ4n) is 1.85. The third-order valence-electron chi connectivity index (χ3n) is 2.94. The molecule has 0 fully saturated rings. The van der Waals surface area contributed by atoms with Crippen molar-refractivity contribution in [3.05, 3.63) is 56.8 Å². The Bertz CT molecular complexity index is 605. The number of rotatable bonds is 4. The van der Waals surface area contributed by atoms with Gasteiger partial charge in [0.1, 0.15) is 10.8 Å². The van der Waals surface area contributed by atoms with E-state index in [1.165, 1.54) is 6.07 Å². The highest BCUT2D eigenvalue weighted by Gasteiger charge is 2.18. The Morgan fingerprint density at radius 1 is 1.20 bits per heavy atom. The highest BCUT2D eigenvalue weighted by atomic mass is 35.5. The monoisotopic (exact) mass is 330 g/mol. The number of benzene rings is 1. The quantitative estimate of drug-likeness (QED) is 0.870. The predicted octanol–water partition coefficient (Wildman–Crippen LogP) is 4.64. The van der Waals surface area contributed by atoms with E-state index in [0.29, 0.717) is 28.8 Å². The fraction of sp³-hybridized carbons (Fsp3) is 0.214. The average molecular weight is 332 g/mol. The fourth-order valence-corrected chi connectivity index (χ4v) is 2.36. The summed E-state index contributed by atoms with van der Waals surface area (Å²) >= 11 is 17.8. The summed E-state index contributed by atoms with van der Waals surface area (Å²) in [6.07, 6.45) is 0. The molecule has 1 aromatic carbocycles. The van der Waals surface area contributed by atoms with Gasteiger partial charge in [0.25, 0.3) is 5.91 Å². The molecule has 1 N–H and O–H groups in total. The van der Waals surface area contributed by atoms with Crippen LogP contribution in [-0.2, 0) is 6.54 Å². The number of H-pyrrole nitrogens is 1. The summed E-state index contributed by atoms with van der Waals surface area (Å²) in [6, 6.07) is 8.97. The highest BCUT2D eigenvalue weighted by Crippen LogP contribution is 2.23. The van der Waals surface area contributed by atoms with Crippen LogP contribution in [0.15, 0.2) is 30.3 Å². The normalized spacial score (nSPS) is 10.6. The van der Waals surface area contributed by atoms with Gasteiger partial charge in [0.15, 0.2) is 0 Å². The number of nitrogens with zero attached hydrogens (tertiary/aromatic N) is 1. The lowest BCUT2D eigenvalue weighted by atomic mass is 10.2. The number of hydrogen-bond donors (Lipinski definition) is 1. The van der Waals surface area contributed by atoms with Crippen molar-refractivity contribution in [1.82, 2.24) is 9.88 Å². The third kappa shape index (κ3) is 3.29. The van der Waals surface area contributed by atoms with Gasteiger partial charge in [-0.3, -0.25) is 4.79 Å². The van der Waals surface area contributed by atoms with Gasteiger partial charge in [-0.05, 0) is 24.6 Å². The van der Waals surface area contributed by atoms with Crippen LogP contribution in [0.5, 0.6) is 0 Å². The van der Waals surface area contributed by atoms with Crippen LogP contribution < -0.4 is 0 Å². The number of amides is 1. The zero-order chi connectivity index (χ0) is 14.7. The summed E-state index contributed by atoms with van der Waals surface area (Å²) in [5.41, 5.74) is 1.27. The van der Waals surface area contributed by atoms with Crippen molar-refractivity contribution in [2.45, 2.75) is 13.5 Å². The lowest BCUT2D eigenvalue weighted by Gasteiger charge is -2.20. The van der Waals surface area contributed by atoms with Crippen molar-refractivity contribution in [2.24, 2.45) is 0 Å². The van der Waals surface area contributed by atoms with E-state index in [0.717, 1.165) is 5.56 Å². The Morgan fingerprint density at radius 2 is 1.90 bits per heavy atom. The second kappa shape index (κ2) is 6.53. The number of carbonyl (C=O) groups is 1.